The highest BCUT2D eigenvalue weighted by molar-refractivity contribution is 5.76. The van der Waals surface area contributed by atoms with E-state index in [0.29, 0.717) is 6.42 Å². The molecule has 12 unspecified atom stereocenters. The van der Waals surface area contributed by atoms with Crippen molar-refractivity contribution in [2.24, 2.45) is 0 Å². The molecule has 98 heavy (non-hydrogen) atoms. The molecule has 0 radical (unpaired) electrons. The molecule has 0 aromatic carbocycles. The minimum absolute atomic E-state index is 0.250. The van der Waals surface area contributed by atoms with E-state index in [-0.39, 0.29) is 18.9 Å². The standard InChI is InChI=1S/C84H141NO13/c1-3-5-7-9-11-13-15-17-19-21-23-25-27-29-30-31-32-33-34-35-36-37-38-39-40-41-42-44-46-48-50-52-54-56-58-60-62-64-66-68-76(89)85-72(71-95-83-81(94)79(92)82(75(70-87)97-83)98-84-80(93)78(91)77(90)74(69-86)96-84)73(88)67-65-63-61-59-57-55-53-51-49-47-45-43-28-26-24-22-20-18-16-14-12-10-8-6-4-2/h5,7,11,13,17,19,23,25,29-30,32-33,35-36,38-39,41-42,46,48,52,54,65,67,72-75,77-84,86-88,90-94H,3-4,6,8-10,12,14-16,18,20-22,24,26-28,31,34,37,40,43-45,47,49-51,53,55-64,66,68-71H2,1-2H3,(H,85,89)/b7-5-,13-11-,19-17-,25-23-,30-29-,33-32-,36-35-,39-38-,42-41-,48-46-,54-52-,67-65+. The zero-order valence-electron chi connectivity index (χ0n) is 61.2. The van der Waals surface area contributed by atoms with Crippen molar-refractivity contribution in [3.8, 4) is 0 Å². The number of aliphatic hydroxyl groups is 8. The number of ether oxygens (including phenoxy) is 4. The Kier molecular flexibility index (Phi) is 60.7. The predicted octanol–water partition coefficient (Wildman–Crippen LogP) is 17.6. The monoisotopic (exact) mass is 1370 g/mol. The summed E-state index contributed by atoms with van der Waals surface area (Å²) in [5, 5.41) is 87.6. The van der Waals surface area contributed by atoms with E-state index in [2.05, 4.69) is 153 Å². The second-order valence-corrected chi connectivity index (χ2v) is 26.8. The van der Waals surface area contributed by atoms with Crippen molar-refractivity contribution >= 4 is 5.91 Å². The molecule has 14 nitrogen and oxygen atoms in total. The predicted molar refractivity (Wildman–Crippen MR) is 405 cm³/mol. The molecule has 14 heteroatoms. The van der Waals surface area contributed by atoms with Crippen molar-refractivity contribution in [3.05, 3.63) is 146 Å². The lowest BCUT2D eigenvalue weighted by molar-refractivity contribution is -0.359. The van der Waals surface area contributed by atoms with Gasteiger partial charge in [-0.15, -0.1) is 0 Å². The highest BCUT2D eigenvalue weighted by Crippen LogP contribution is 2.30. The SMILES string of the molecule is CC/C=C\C/C=C\C/C=C\C/C=C\C/C=C\C/C=C\C/C=C\C/C=C\C/C=C\C/C=C\C/C=C\CCCCCCCC(=O)NC(COC1OC(CO)C(OC2OC(CO)C(O)C(O)C2O)C(O)C1O)C(O)/C=C/CCCCCCCCCCCCCCCCCCCCCCCCC. The van der Waals surface area contributed by atoms with Gasteiger partial charge in [0.15, 0.2) is 12.6 Å². The second-order valence-electron chi connectivity index (χ2n) is 26.8. The zero-order chi connectivity index (χ0) is 70.8. The zero-order valence-corrected chi connectivity index (χ0v) is 61.2. The van der Waals surface area contributed by atoms with Crippen LogP contribution in [0.2, 0.25) is 0 Å². The fourth-order valence-corrected chi connectivity index (χ4v) is 11.9. The van der Waals surface area contributed by atoms with Crippen LogP contribution in [-0.4, -0.2) is 140 Å². The average molecular weight is 1370 g/mol. The number of allylic oxidation sites excluding steroid dienone is 23. The second kappa shape index (κ2) is 66.1. The minimum atomic E-state index is -1.80. The number of carbonyl (C=O) groups is 1. The van der Waals surface area contributed by atoms with Crippen LogP contribution in [0.1, 0.15) is 284 Å². The van der Waals surface area contributed by atoms with Crippen molar-refractivity contribution in [2.45, 2.75) is 357 Å². The third-order valence-electron chi connectivity index (χ3n) is 18.0. The van der Waals surface area contributed by atoms with Crippen LogP contribution >= 0.6 is 0 Å². The van der Waals surface area contributed by atoms with Gasteiger partial charge >= 0.3 is 0 Å². The Hall–Kier alpha value is -4.13. The lowest BCUT2D eigenvalue weighted by Gasteiger charge is -2.46. The van der Waals surface area contributed by atoms with Crippen LogP contribution < -0.4 is 5.32 Å². The first-order chi connectivity index (χ1) is 48.1. The van der Waals surface area contributed by atoms with Gasteiger partial charge in [-0.25, -0.2) is 0 Å². The fraction of sp³-hybridized carbons (Fsp3) is 0.702. The van der Waals surface area contributed by atoms with Gasteiger partial charge < -0.3 is 65.1 Å². The first-order valence-corrected chi connectivity index (χ1v) is 39.1. The number of carbonyl (C=O) groups excluding carboxylic acids is 1. The molecule has 2 fully saturated rings. The summed E-state index contributed by atoms with van der Waals surface area (Å²) in [6.07, 6.45) is 83.3. The number of amides is 1. The van der Waals surface area contributed by atoms with Gasteiger partial charge in [0.05, 0.1) is 32.0 Å². The summed E-state index contributed by atoms with van der Waals surface area (Å²) in [6, 6.07) is -0.938. The van der Waals surface area contributed by atoms with Gasteiger partial charge in [0.2, 0.25) is 5.91 Å². The van der Waals surface area contributed by atoms with Crippen molar-refractivity contribution in [3.63, 3.8) is 0 Å². The van der Waals surface area contributed by atoms with Crippen LogP contribution in [0.5, 0.6) is 0 Å². The summed E-state index contributed by atoms with van der Waals surface area (Å²) in [5.41, 5.74) is 0. The highest BCUT2D eigenvalue weighted by Gasteiger charge is 2.51. The topological polar surface area (TPSA) is 228 Å². The van der Waals surface area contributed by atoms with Crippen LogP contribution in [0.15, 0.2) is 146 Å². The van der Waals surface area contributed by atoms with Gasteiger partial charge in [0.1, 0.15) is 48.8 Å². The number of hydrogen-bond acceptors (Lipinski definition) is 13. The van der Waals surface area contributed by atoms with Gasteiger partial charge in [-0.2, -0.15) is 0 Å². The van der Waals surface area contributed by atoms with E-state index in [9.17, 15) is 45.6 Å². The fourth-order valence-electron chi connectivity index (χ4n) is 11.9. The summed E-state index contributed by atoms with van der Waals surface area (Å²) in [6.45, 7) is 2.69. The van der Waals surface area contributed by atoms with Crippen LogP contribution in [0, 0.1) is 0 Å². The maximum absolute atomic E-state index is 13.4. The molecule has 2 rings (SSSR count). The summed E-state index contributed by atoms with van der Waals surface area (Å²) in [4.78, 5) is 13.4. The van der Waals surface area contributed by atoms with Crippen LogP contribution in [0.3, 0.4) is 0 Å². The lowest BCUT2D eigenvalue weighted by Crippen LogP contribution is -2.65. The summed E-state index contributed by atoms with van der Waals surface area (Å²) in [7, 11) is 0. The smallest absolute Gasteiger partial charge is 0.220 e. The molecular formula is C84H141NO13. The number of unbranched alkanes of at least 4 members (excludes halogenated alkanes) is 28. The van der Waals surface area contributed by atoms with Gasteiger partial charge in [0, 0.05) is 6.42 Å². The van der Waals surface area contributed by atoms with Crippen molar-refractivity contribution in [1.29, 1.82) is 0 Å². The largest absolute Gasteiger partial charge is 0.394 e. The van der Waals surface area contributed by atoms with Crippen LogP contribution in [0.4, 0.5) is 0 Å². The quantitative estimate of drug-likeness (QED) is 0.0204. The lowest BCUT2D eigenvalue weighted by atomic mass is 9.97. The third-order valence-corrected chi connectivity index (χ3v) is 18.0. The summed E-state index contributed by atoms with van der Waals surface area (Å²) < 4.78 is 22.9. The van der Waals surface area contributed by atoms with E-state index < -0.39 is 86.8 Å². The van der Waals surface area contributed by atoms with Crippen molar-refractivity contribution in [2.75, 3.05) is 19.8 Å². The normalized spacial score (nSPS) is 22.9. The van der Waals surface area contributed by atoms with E-state index >= 15 is 0 Å². The molecule has 9 N–H and O–H groups in total. The molecule has 0 saturated carbocycles. The molecule has 12 atom stereocenters. The molecule has 1 amide bonds. The maximum Gasteiger partial charge on any atom is 0.220 e. The van der Waals surface area contributed by atoms with Gasteiger partial charge in [-0.3, -0.25) is 4.79 Å². The molecule has 2 aliphatic rings. The van der Waals surface area contributed by atoms with E-state index in [1.807, 2.05) is 6.08 Å². The van der Waals surface area contributed by atoms with E-state index in [4.69, 9.17) is 18.9 Å². The molecule has 0 aromatic rings. The Bertz CT molecular complexity index is 2210. The van der Waals surface area contributed by atoms with Crippen LogP contribution in [0.25, 0.3) is 0 Å². The Morgan fingerprint density at radius 1 is 0.378 bits per heavy atom. The molecule has 2 saturated heterocycles. The Labute approximate surface area is 595 Å². The molecule has 2 aliphatic heterocycles. The number of hydrogen-bond donors (Lipinski definition) is 9. The van der Waals surface area contributed by atoms with E-state index in [1.165, 1.54) is 135 Å². The highest BCUT2D eigenvalue weighted by atomic mass is 16.7. The molecule has 0 bridgehead atoms. The average Bonchev–Trinajstić information content (AvgIpc) is 0.793. The van der Waals surface area contributed by atoms with Crippen molar-refractivity contribution in [1.82, 2.24) is 5.32 Å². The minimum Gasteiger partial charge on any atom is -0.394 e. The molecule has 0 aromatic heterocycles. The molecule has 0 spiro atoms. The Balaban J connectivity index is 1.66. The first-order valence-electron chi connectivity index (χ1n) is 39.1. The molecule has 560 valence electrons. The number of rotatable bonds is 63. The van der Waals surface area contributed by atoms with E-state index in [1.54, 1.807) is 6.08 Å². The van der Waals surface area contributed by atoms with E-state index in [0.717, 1.165) is 122 Å². The summed E-state index contributed by atoms with van der Waals surface area (Å²) >= 11 is 0. The molecular weight excluding hydrogens is 1230 g/mol. The van der Waals surface area contributed by atoms with Gasteiger partial charge in [0.25, 0.3) is 0 Å². The maximum atomic E-state index is 13.4. The third kappa shape index (κ3) is 48.7. The van der Waals surface area contributed by atoms with Gasteiger partial charge in [-0.05, 0) is 103 Å². The Morgan fingerprint density at radius 3 is 1.08 bits per heavy atom. The number of nitrogens with one attached hydrogen (secondary N) is 1. The first kappa shape index (κ1) is 90.0. The van der Waals surface area contributed by atoms with Crippen LogP contribution in [-0.2, 0) is 23.7 Å². The molecule has 0 aliphatic carbocycles. The van der Waals surface area contributed by atoms with Crippen molar-refractivity contribution < 1.29 is 64.6 Å². The molecule has 2 heterocycles. The number of aliphatic hydroxyl groups excluding tert-OH is 8. The summed E-state index contributed by atoms with van der Waals surface area (Å²) in [5.74, 6) is -0.261. The van der Waals surface area contributed by atoms with Gasteiger partial charge in [-0.1, -0.05) is 320 Å². The Morgan fingerprint density at radius 2 is 0.704 bits per heavy atom.